The lowest BCUT2D eigenvalue weighted by Gasteiger charge is -2.25. The van der Waals surface area contributed by atoms with E-state index in [1.54, 1.807) is 11.3 Å². The molecule has 1 heterocycles. The quantitative estimate of drug-likeness (QED) is 0.936. The molecule has 1 aromatic heterocycles. The maximum Gasteiger partial charge on any atom is 0.142 e. The lowest BCUT2D eigenvalue weighted by molar-refractivity contribution is -0.123. The highest BCUT2D eigenvalue weighted by molar-refractivity contribution is 7.18. The second-order valence-electron chi connectivity index (χ2n) is 5.34. The number of Topliss-reactive ketones (excluding diaryl/α,β-unsaturated/α-hetero) is 1. The molecule has 1 aliphatic carbocycles. The number of thiazole rings is 1. The summed E-state index contributed by atoms with van der Waals surface area (Å²) in [5.74, 6) is 0.463. The largest absolute Gasteiger partial charge is 0.328 e. The Bertz CT molecular complexity index is 560. The van der Waals surface area contributed by atoms with E-state index in [1.165, 1.54) is 0 Å². The monoisotopic (exact) mass is 274 g/mol. The number of hydrogen-bond donors (Lipinski definition) is 1. The Balaban J connectivity index is 1.71. The van der Waals surface area contributed by atoms with Gasteiger partial charge in [-0.2, -0.15) is 0 Å². The van der Waals surface area contributed by atoms with Crippen molar-refractivity contribution in [2.45, 2.75) is 38.1 Å². The number of benzene rings is 1. The average Bonchev–Trinajstić information content (AvgIpc) is 2.80. The van der Waals surface area contributed by atoms with Crippen LogP contribution in [-0.4, -0.2) is 16.8 Å². The van der Waals surface area contributed by atoms with Gasteiger partial charge in [-0.05, 0) is 31.4 Å². The van der Waals surface area contributed by atoms with Gasteiger partial charge >= 0.3 is 0 Å². The van der Waals surface area contributed by atoms with Crippen LogP contribution >= 0.6 is 11.3 Å². The van der Waals surface area contributed by atoms with Gasteiger partial charge in [0, 0.05) is 12.0 Å². The minimum Gasteiger partial charge on any atom is -0.328 e. The summed E-state index contributed by atoms with van der Waals surface area (Å²) in [5.41, 5.74) is 6.95. The fourth-order valence-corrected chi connectivity index (χ4v) is 3.79. The van der Waals surface area contributed by atoms with Crippen LogP contribution < -0.4 is 5.73 Å². The van der Waals surface area contributed by atoms with Crippen LogP contribution in [0.15, 0.2) is 24.3 Å². The first-order valence-corrected chi connectivity index (χ1v) is 7.67. The summed E-state index contributed by atoms with van der Waals surface area (Å²) >= 11 is 1.63. The van der Waals surface area contributed by atoms with Crippen LogP contribution in [0.3, 0.4) is 0 Å². The second-order valence-corrected chi connectivity index (χ2v) is 6.46. The average molecular weight is 274 g/mol. The van der Waals surface area contributed by atoms with Crippen molar-refractivity contribution >= 4 is 27.3 Å². The summed E-state index contributed by atoms with van der Waals surface area (Å²) in [6.45, 7) is 0. The molecule has 0 saturated heterocycles. The van der Waals surface area contributed by atoms with Crippen LogP contribution in [0.2, 0.25) is 0 Å². The fourth-order valence-electron chi connectivity index (χ4n) is 2.81. The van der Waals surface area contributed by atoms with Gasteiger partial charge in [-0.3, -0.25) is 4.79 Å². The van der Waals surface area contributed by atoms with Crippen molar-refractivity contribution in [3.63, 3.8) is 0 Å². The molecule has 1 aliphatic rings. The topological polar surface area (TPSA) is 56.0 Å². The van der Waals surface area contributed by atoms with Gasteiger partial charge in [0.2, 0.25) is 0 Å². The maximum atomic E-state index is 12.3. The number of hydrogen-bond acceptors (Lipinski definition) is 4. The van der Waals surface area contributed by atoms with E-state index in [2.05, 4.69) is 11.1 Å². The van der Waals surface area contributed by atoms with Crippen molar-refractivity contribution in [1.82, 2.24) is 4.98 Å². The number of aromatic nitrogens is 1. The van der Waals surface area contributed by atoms with Gasteiger partial charge in [0.1, 0.15) is 10.8 Å². The molecule has 4 heteroatoms. The van der Waals surface area contributed by atoms with Crippen molar-refractivity contribution < 1.29 is 4.79 Å². The molecule has 0 aliphatic heterocycles. The molecule has 0 amide bonds. The molecular formula is C15H18N2OS. The number of para-hydroxylation sites is 1. The Kier molecular flexibility index (Phi) is 3.62. The molecule has 2 atom stereocenters. The van der Waals surface area contributed by atoms with Gasteiger partial charge in [0.15, 0.2) is 0 Å². The van der Waals surface area contributed by atoms with Gasteiger partial charge in [-0.15, -0.1) is 11.3 Å². The Hall–Kier alpha value is -1.26. The number of rotatable bonds is 3. The van der Waals surface area contributed by atoms with Gasteiger partial charge in [-0.1, -0.05) is 18.6 Å². The zero-order valence-corrected chi connectivity index (χ0v) is 11.7. The van der Waals surface area contributed by atoms with Crippen molar-refractivity contribution in [3.05, 3.63) is 29.3 Å². The van der Waals surface area contributed by atoms with Gasteiger partial charge in [-0.25, -0.2) is 4.98 Å². The summed E-state index contributed by atoms with van der Waals surface area (Å²) in [5, 5.41) is 0.936. The normalized spacial score (nSPS) is 23.6. The van der Waals surface area contributed by atoms with E-state index in [0.29, 0.717) is 12.2 Å². The molecule has 3 nitrogen and oxygen atoms in total. The van der Waals surface area contributed by atoms with Crippen LogP contribution in [0.1, 0.15) is 30.7 Å². The van der Waals surface area contributed by atoms with E-state index in [0.717, 1.165) is 40.9 Å². The molecule has 19 heavy (non-hydrogen) atoms. The first kappa shape index (κ1) is 12.8. The summed E-state index contributed by atoms with van der Waals surface area (Å²) < 4.78 is 1.16. The molecule has 0 bridgehead atoms. The third-order valence-electron chi connectivity index (χ3n) is 3.83. The third-order valence-corrected chi connectivity index (χ3v) is 4.87. The maximum absolute atomic E-state index is 12.3. The van der Waals surface area contributed by atoms with E-state index in [1.807, 2.05) is 18.2 Å². The molecule has 1 aromatic carbocycles. The van der Waals surface area contributed by atoms with Gasteiger partial charge in [0.25, 0.3) is 0 Å². The molecule has 2 unspecified atom stereocenters. The lowest BCUT2D eigenvalue weighted by Crippen LogP contribution is -2.32. The predicted octanol–water partition coefficient (Wildman–Crippen LogP) is 2.93. The highest BCUT2D eigenvalue weighted by Gasteiger charge is 2.25. The number of fused-ring (bicyclic) bond motifs is 1. The number of nitrogens with zero attached hydrogens (tertiary/aromatic N) is 1. The highest BCUT2D eigenvalue weighted by atomic mass is 32.1. The van der Waals surface area contributed by atoms with Crippen molar-refractivity contribution in [3.8, 4) is 0 Å². The number of carbonyl (C=O) groups excluding carboxylic acids is 1. The lowest BCUT2D eigenvalue weighted by atomic mass is 9.83. The molecule has 0 spiro atoms. The molecular weight excluding hydrogens is 256 g/mol. The number of nitrogens with two attached hydrogens (primary N) is 1. The molecule has 1 fully saturated rings. The van der Waals surface area contributed by atoms with E-state index in [4.69, 9.17) is 5.73 Å². The molecule has 100 valence electrons. The summed E-state index contributed by atoms with van der Waals surface area (Å²) in [7, 11) is 0. The van der Waals surface area contributed by atoms with Crippen LogP contribution in [0.25, 0.3) is 10.2 Å². The summed E-state index contributed by atoms with van der Waals surface area (Å²) in [6, 6.07) is 8.24. The van der Waals surface area contributed by atoms with E-state index in [-0.39, 0.29) is 12.0 Å². The van der Waals surface area contributed by atoms with E-state index in [9.17, 15) is 4.79 Å². The second kappa shape index (κ2) is 5.39. The summed E-state index contributed by atoms with van der Waals surface area (Å²) in [4.78, 5) is 16.8. The van der Waals surface area contributed by atoms with Gasteiger partial charge in [0.05, 0.1) is 16.6 Å². The smallest absolute Gasteiger partial charge is 0.142 e. The van der Waals surface area contributed by atoms with Crippen LogP contribution in [-0.2, 0) is 11.2 Å². The van der Waals surface area contributed by atoms with Crippen LogP contribution in [0, 0.1) is 5.92 Å². The number of carbonyl (C=O) groups is 1. The fraction of sp³-hybridized carbons (Fsp3) is 0.467. The van der Waals surface area contributed by atoms with Crippen molar-refractivity contribution in [2.24, 2.45) is 11.7 Å². The standard InChI is InChI=1S/C15H18N2OS/c16-11-5-3-4-10(8-11)13(18)9-15-17-12-6-1-2-7-14(12)19-15/h1-2,6-7,10-11H,3-5,8-9,16H2. The molecule has 0 radical (unpaired) electrons. The summed E-state index contributed by atoms with van der Waals surface area (Å²) in [6.07, 6.45) is 4.46. The minimum absolute atomic E-state index is 0.149. The zero-order valence-electron chi connectivity index (χ0n) is 10.8. The minimum atomic E-state index is 0.149. The van der Waals surface area contributed by atoms with Crippen molar-refractivity contribution in [2.75, 3.05) is 0 Å². The number of ketones is 1. The first-order chi connectivity index (χ1) is 9.22. The Labute approximate surface area is 116 Å². The van der Waals surface area contributed by atoms with Crippen molar-refractivity contribution in [1.29, 1.82) is 0 Å². The molecule has 3 rings (SSSR count). The Morgan fingerprint density at radius 1 is 1.37 bits per heavy atom. The Morgan fingerprint density at radius 3 is 3.00 bits per heavy atom. The predicted molar refractivity (Wildman–Crippen MR) is 78.3 cm³/mol. The molecule has 2 aromatic rings. The highest BCUT2D eigenvalue weighted by Crippen LogP contribution is 2.27. The van der Waals surface area contributed by atoms with Gasteiger partial charge < -0.3 is 5.73 Å². The Morgan fingerprint density at radius 2 is 2.21 bits per heavy atom. The zero-order chi connectivity index (χ0) is 13.2. The van der Waals surface area contributed by atoms with Crippen LogP contribution in [0.4, 0.5) is 0 Å². The first-order valence-electron chi connectivity index (χ1n) is 6.85. The van der Waals surface area contributed by atoms with E-state index < -0.39 is 0 Å². The molecule has 2 N–H and O–H groups in total. The SMILES string of the molecule is NC1CCCC(C(=O)Cc2nc3ccccc3s2)C1. The third kappa shape index (κ3) is 2.85. The molecule has 1 saturated carbocycles. The van der Waals surface area contributed by atoms with E-state index >= 15 is 0 Å². The van der Waals surface area contributed by atoms with Crippen LogP contribution in [0.5, 0.6) is 0 Å².